The summed E-state index contributed by atoms with van der Waals surface area (Å²) in [7, 11) is 0. The number of ether oxygens (including phenoxy) is 1. The number of carbonyl (C=O) groups excluding carboxylic acids is 1. The zero-order valence-corrected chi connectivity index (χ0v) is 15.5. The van der Waals surface area contributed by atoms with Crippen molar-refractivity contribution in [1.29, 1.82) is 0 Å². The van der Waals surface area contributed by atoms with Gasteiger partial charge in [0.25, 0.3) is 0 Å². The lowest BCUT2D eigenvalue weighted by molar-refractivity contribution is -0.244. The molecule has 3 N–H and O–H groups in total. The summed E-state index contributed by atoms with van der Waals surface area (Å²) in [5.41, 5.74) is -1.51. The number of hydrogen-bond acceptors (Lipinski definition) is 4. The Hall–Kier alpha value is -1.05. The molecule has 0 unspecified atom stereocenters. The van der Waals surface area contributed by atoms with Gasteiger partial charge in [0.1, 0.15) is 11.7 Å². The highest BCUT2D eigenvalue weighted by Gasteiger charge is 2.52. The smallest absolute Gasteiger partial charge is 0.321 e. The van der Waals surface area contributed by atoms with Crippen molar-refractivity contribution in [2.24, 2.45) is 0 Å². The second-order valence-electron chi connectivity index (χ2n) is 6.94. The van der Waals surface area contributed by atoms with E-state index in [9.17, 15) is 15.0 Å². The van der Waals surface area contributed by atoms with Crippen molar-refractivity contribution in [3.05, 3.63) is 28.2 Å². The summed E-state index contributed by atoms with van der Waals surface area (Å²) in [5, 5.41) is 24.3. The first kappa shape index (κ1) is 18.7. The molecule has 8 heteroatoms. The van der Waals surface area contributed by atoms with Crippen molar-refractivity contribution >= 4 is 34.9 Å². The molecule has 1 aromatic rings. The van der Waals surface area contributed by atoms with Gasteiger partial charge in [0.2, 0.25) is 0 Å². The number of nitrogens with one attached hydrogen (secondary N) is 1. The number of benzene rings is 1. The summed E-state index contributed by atoms with van der Waals surface area (Å²) in [4.78, 5) is 14.1. The number of carbonyl (C=O) groups is 1. The van der Waals surface area contributed by atoms with E-state index in [0.717, 1.165) is 0 Å². The number of rotatable bonds is 1. The van der Waals surface area contributed by atoms with Gasteiger partial charge in [0.05, 0.1) is 27.9 Å². The first-order valence-corrected chi connectivity index (χ1v) is 9.05. The Morgan fingerprint density at radius 1 is 1.32 bits per heavy atom. The Balaban J connectivity index is 1.64. The third kappa shape index (κ3) is 3.59. The predicted molar refractivity (Wildman–Crippen MR) is 96.2 cm³/mol. The lowest BCUT2D eigenvalue weighted by atomic mass is 9.75. The number of likely N-dealkylation sites (tertiary alicyclic amines) is 1. The molecule has 3 rings (SSSR count). The molecule has 2 aliphatic heterocycles. The van der Waals surface area contributed by atoms with Crippen LogP contribution < -0.4 is 5.32 Å². The summed E-state index contributed by atoms with van der Waals surface area (Å²) < 4.78 is 5.83. The quantitative estimate of drug-likeness (QED) is 0.690. The molecule has 2 heterocycles. The van der Waals surface area contributed by atoms with Gasteiger partial charge in [0.15, 0.2) is 0 Å². The Morgan fingerprint density at radius 3 is 2.68 bits per heavy atom. The molecular formula is C17H22Cl2N2O4. The maximum Gasteiger partial charge on any atom is 0.321 e. The van der Waals surface area contributed by atoms with Crippen molar-refractivity contribution in [2.45, 2.75) is 43.5 Å². The minimum Gasteiger partial charge on any atom is -0.387 e. The van der Waals surface area contributed by atoms with Gasteiger partial charge in [0, 0.05) is 19.5 Å². The summed E-state index contributed by atoms with van der Waals surface area (Å²) in [6.07, 6.45) is 0.344. The molecule has 0 radical (unpaired) electrons. The van der Waals surface area contributed by atoms with Crippen molar-refractivity contribution in [1.82, 2.24) is 4.90 Å². The van der Waals surface area contributed by atoms with E-state index in [2.05, 4.69) is 5.32 Å². The van der Waals surface area contributed by atoms with Crippen LogP contribution >= 0.6 is 23.2 Å². The second-order valence-corrected chi connectivity index (χ2v) is 7.73. The van der Waals surface area contributed by atoms with Crippen LogP contribution in [0.5, 0.6) is 0 Å². The SMILES string of the molecule is C[C@@]1(O)CCOC2(CCN(C(=O)Nc3cccc(Cl)c3Cl)CC2)[C@H]1O. The molecule has 25 heavy (non-hydrogen) atoms. The summed E-state index contributed by atoms with van der Waals surface area (Å²) >= 11 is 12.1. The zero-order valence-electron chi connectivity index (χ0n) is 14.0. The second kappa shape index (κ2) is 6.93. The van der Waals surface area contributed by atoms with Gasteiger partial charge in [-0.25, -0.2) is 4.79 Å². The summed E-state index contributed by atoms with van der Waals surface area (Å²) in [6, 6.07) is 4.76. The van der Waals surface area contributed by atoms with Crippen LogP contribution in [0.3, 0.4) is 0 Å². The highest BCUT2D eigenvalue weighted by Crippen LogP contribution is 2.40. The topological polar surface area (TPSA) is 82.0 Å². The van der Waals surface area contributed by atoms with E-state index < -0.39 is 17.3 Å². The average Bonchev–Trinajstić information content (AvgIpc) is 2.57. The average molecular weight is 389 g/mol. The largest absolute Gasteiger partial charge is 0.387 e. The van der Waals surface area contributed by atoms with E-state index in [1.165, 1.54) is 0 Å². The highest BCUT2D eigenvalue weighted by atomic mass is 35.5. The van der Waals surface area contributed by atoms with Crippen LogP contribution in [0.15, 0.2) is 18.2 Å². The van der Waals surface area contributed by atoms with Crippen LogP contribution in [0.4, 0.5) is 10.5 Å². The number of nitrogens with zero attached hydrogens (tertiary/aromatic N) is 1. The monoisotopic (exact) mass is 388 g/mol. The number of halogens is 2. The number of aliphatic hydroxyl groups excluding tert-OH is 1. The normalized spacial score (nSPS) is 28.8. The molecule has 2 atom stereocenters. The summed E-state index contributed by atoms with van der Waals surface area (Å²) in [5.74, 6) is 0. The van der Waals surface area contributed by atoms with Gasteiger partial charge >= 0.3 is 6.03 Å². The van der Waals surface area contributed by atoms with Crippen LogP contribution in [0, 0.1) is 0 Å². The van der Waals surface area contributed by atoms with Gasteiger partial charge in [-0.15, -0.1) is 0 Å². The van der Waals surface area contributed by atoms with E-state index in [-0.39, 0.29) is 6.03 Å². The number of hydrogen-bond donors (Lipinski definition) is 3. The molecule has 2 amide bonds. The molecule has 1 aromatic carbocycles. The number of aliphatic hydroxyl groups is 2. The minimum absolute atomic E-state index is 0.281. The van der Waals surface area contributed by atoms with Crippen molar-refractivity contribution in [3.8, 4) is 0 Å². The predicted octanol–water partition coefficient (Wildman–Crippen LogP) is 2.89. The first-order chi connectivity index (χ1) is 11.8. The number of amides is 2. The van der Waals surface area contributed by atoms with Gasteiger partial charge in [-0.05, 0) is 31.9 Å². The Bertz CT molecular complexity index is 660. The van der Waals surface area contributed by atoms with E-state index in [4.69, 9.17) is 27.9 Å². The van der Waals surface area contributed by atoms with E-state index >= 15 is 0 Å². The standard InChI is InChI=1S/C17H22Cl2N2O4/c1-16(24)7-10-25-17(14(16)22)5-8-21(9-6-17)15(23)20-12-4-2-3-11(18)13(12)19/h2-4,14,22,24H,5-10H2,1H3,(H,20,23)/t14-,16+/m0/s1. The molecular weight excluding hydrogens is 367 g/mol. The Kier molecular flexibility index (Phi) is 5.19. The van der Waals surface area contributed by atoms with Crippen molar-refractivity contribution in [3.63, 3.8) is 0 Å². The van der Waals surface area contributed by atoms with Gasteiger partial charge in [-0.1, -0.05) is 29.3 Å². The van der Waals surface area contributed by atoms with Gasteiger partial charge < -0.3 is 25.2 Å². The fourth-order valence-corrected chi connectivity index (χ4v) is 3.89. The van der Waals surface area contributed by atoms with Gasteiger partial charge in [-0.2, -0.15) is 0 Å². The number of piperidine rings is 1. The fraction of sp³-hybridized carbons (Fsp3) is 0.588. The first-order valence-electron chi connectivity index (χ1n) is 8.29. The minimum atomic E-state index is -1.17. The maximum atomic E-state index is 12.5. The fourth-order valence-electron chi connectivity index (χ4n) is 3.54. The van der Waals surface area contributed by atoms with Crippen molar-refractivity contribution < 1.29 is 19.7 Å². The summed E-state index contributed by atoms with van der Waals surface area (Å²) in [6.45, 7) is 2.85. The third-order valence-electron chi connectivity index (χ3n) is 5.18. The molecule has 0 saturated carbocycles. The number of urea groups is 1. The van der Waals surface area contributed by atoms with Crippen LogP contribution in [0.25, 0.3) is 0 Å². The van der Waals surface area contributed by atoms with E-state index in [0.29, 0.717) is 54.7 Å². The lowest BCUT2D eigenvalue weighted by Crippen LogP contribution is -2.64. The molecule has 138 valence electrons. The van der Waals surface area contributed by atoms with Crippen LogP contribution in [0.2, 0.25) is 10.0 Å². The van der Waals surface area contributed by atoms with E-state index in [1.54, 1.807) is 30.0 Å². The molecule has 0 aromatic heterocycles. The molecule has 2 saturated heterocycles. The molecule has 2 fully saturated rings. The lowest BCUT2D eigenvalue weighted by Gasteiger charge is -2.51. The highest BCUT2D eigenvalue weighted by molar-refractivity contribution is 6.43. The third-order valence-corrected chi connectivity index (χ3v) is 5.99. The molecule has 0 bridgehead atoms. The molecule has 1 spiro atoms. The Labute approximate surface area is 156 Å². The van der Waals surface area contributed by atoms with E-state index in [1.807, 2.05) is 0 Å². The van der Waals surface area contributed by atoms with Gasteiger partial charge in [-0.3, -0.25) is 0 Å². The van der Waals surface area contributed by atoms with Crippen LogP contribution in [-0.4, -0.2) is 58.1 Å². The van der Waals surface area contributed by atoms with Crippen LogP contribution in [-0.2, 0) is 4.74 Å². The molecule has 0 aliphatic carbocycles. The van der Waals surface area contributed by atoms with Crippen LogP contribution in [0.1, 0.15) is 26.2 Å². The maximum absolute atomic E-state index is 12.5. The molecule has 6 nitrogen and oxygen atoms in total. The van der Waals surface area contributed by atoms with Crippen molar-refractivity contribution in [2.75, 3.05) is 25.0 Å². The molecule has 2 aliphatic rings. The zero-order chi connectivity index (χ0) is 18.2. The Morgan fingerprint density at radius 2 is 2.00 bits per heavy atom. The number of anilines is 1.